The van der Waals surface area contributed by atoms with E-state index in [0.717, 1.165) is 31.8 Å². The van der Waals surface area contributed by atoms with Gasteiger partial charge in [-0.05, 0) is 50.3 Å². The van der Waals surface area contributed by atoms with E-state index in [9.17, 15) is 5.11 Å². The van der Waals surface area contributed by atoms with E-state index in [1.165, 1.54) is 24.1 Å². The highest BCUT2D eigenvalue weighted by Crippen LogP contribution is 2.39. The molecule has 0 spiro atoms. The molecule has 0 unspecified atom stereocenters. The van der Waals surface area contributed by atoms with Crippen LogP contribution in [0.25, 0.3) is 0 Å². The maximum absolute atomic E-state index is 9.95. The second-order valence-electron chi connectivity index (χ2n) is 6.69. The van der Waals surface area contributed by atoms with Crippen molar-refractivity contribution in [3.8, 4) is 0 Å². The molecule has 1 saturated carbocycles. The van der Waals surface area contributed by atoms with Crippen LogP contribution >= 0.6 is 0 Å². The average Bonchev–Trinajstić information content (AvgIpc) is 2.47. The molecule has 0 atom stereocenters. The third-order valence-electron chi connectivity index (χ3n) is 4.95. The van der Waals surface area contributed by atoms with Crippen LogP contribution in [0, 0.1) is 18.3 Å². The zero-order chi connectivity index (χ0) is 14.6. The summed E-state index contributed by atoms with van der Waals surface area (Å²) in [5.41, 5.74) is 2.70. The summed E-state index contributed by atoms with van der Waals surface area (Å²) in [7, 11) is 0. The Labute approximate surface area is 123 Å². The molecule has 112 valence electrons. The Morgan fingerprint density at radius 2 is 2.00 bits per heavy atom. The van der Waals surface area contributed by atoms with Crippen molar-refractivity contribution in [2.45, 2.75) is 46.5 Å². The van der Waals surface area contributed by atoms with Gasteiger partial charge in [-0.15, -0.1) is 0 Å². The van der Waals surface area contributed by atoms with Crippen molar-refractivity contribution in [2.75, 3.05) is 24.6 Å². The van der Waals surface area contributed by atoms with Crippen LogP contribution in [0.15, 0.2) is 24.3 Å². The first kappa shape index (κ1) is 15.4. The lowest BCUT2D eigenvalue weighted by Gasteiger charge is -2.42. The summed E-state index contributed by atoms with van der Waals surface area (Å²) < 4.78 is 0. The van der Waals surface area contributed by atoms with Crippen molar-refractivity contribution in [3.05, 3.63) is 29.8 Å². The molecule has 0 amide bonds. The van der Waals surface area contributed by atoms with Crippen molar-refractivity contribution in [1.29, 1.82) is 0 Å². The van der Waals surface area contributed by atoms with Crippen LogP contribution in [0.2, 0.25) is 0 Å². The summed E-state index contributed by atoms with van der Waals surface area (Å²) >= 11 is 0. The highest BCUT2D eigenvalue weighted by Gasteiger charge is 2.35. The number of hydrogen-bond acceptors (Lipinski definition) is 2. The molecule has 0 bridgehead atoms. The first-order valence-electron chi connectivity index (χ1n) is 8.01. The monoisotopic (exact) mass is 275 g/mol. The molecule has 1 fully saturated rings. The van der Waals surface area contributed by atoms with Gasteiger partial charge in [-0.2, -0.15) is 0 Å². The average molecular weight is 275 g/mol. The molecule has 0 saturated heterocycles. The van der Waals surface area contributed by atoms with Gasteiger partial charge in [-0.3, -0.25) is 0 Å². The van der Waals surface area contributed by atoms with E-state index < -0.39 is 0 Å². The molecule has 2 nitrogen and oxygen atoms in total. The summed E-state index contributed by atoms with van der Waals surface area (Å²) in [6.45, 7) is 8.98. The smallest absolute Gasteiger partial charge is 0.0504 e. The van der Waals surface area contributed by atoms with E-state index in [2.05, 4.69) is 49.9 Å². The number of anilines is 1. The number of aryl methyl sites for hydroxylation is 1. The molecule has 2 rings (SSSR count). The molecule has 1 aromatic rings. The van der Waals surface area contributed by atoms with Crippen LogP contribution in [-0.2, 0) is 0 Å². The third-order valence-corrected chi connectivity index (χ3v) is 4.95. The van der Waals surface area contributed by atoms with E-state index in [1.54, 1.807) is 0 Å². The van der Waals surface area contributed by atoms with Crippen LogP contribution in [0.1, 0.15) is 45.1 Å². The summed E-state index contributed by atoms with van der Waals surface area (Å²) in [6.07, 6.45) is 4.83. The zero-order valence-corrected chi connectivity index (χ0v) is 13.2. The number of hydrogen-bond donors (Lipinski definition) is 1. The summed E-state index contributed by atoms with van der Waals surface area (Å²) in [4.78, 5) is 2.43. The molecule has 1 aliphatic rings. The molecule has 1 aliphatic carbocycles. The number of benzene rings is 1. The van der Waals surface area contributed by atoms with Crippen LogP contribution in [0.3, 0.4) is 0 Å². The van der Waals surface area contributed by atoms with Gasteiger partial charge in [-0.1, -0.05) is 31.9 Å². The van der Waals surface area contributed by atoms with Gasteiger partial charge < -0.3 is 10.0 Å². The molecular formula is C18H29NO. The molecule has 1 N–H and O–H groups in total. The molecule has 0 aliphatic heterocycles. The second kappa shape index (κ2) is 6.62. The van der Waals surface area contributed by atoms with Crippen LogP contribution < -0.4 is 4.90 Å². The van der Waals surface area contributed by atoms with Gasteiger partial charge in [0, 0.05) is 24.2 Å². The SMILES string of the molecule is CCN(CC1(CO)CCC(C)CC1)c1cccc(C)c1. The van der Waals surface area contributed by atoms with Gasteiger partial charge in [0.1, 0.15) is 0 Å². The Balaban J connectivity index is 2.12. The number of aliphatic hydroxyl groups excluding tert-OH is 1. The molecule has 0 heterocycles. The first-order valence-corrected chi connectivity index (χ1v) is 8.01. The fourth-order valence-corrected chi connectivity index (χ4v) is 3.36. The van der Waals surface area contributed by atoms with E-state index >= 15 is 0 Å². The van der Waals surface area contributed by atoms with Crippen molar-refractivity contribution in [3.63, 3.8) is 0 Å². The quantitative estimate of drug-likeness (QED) is 0.877. The molecule has 20 heavy (non-hydrogen) atoms. The van der Waals surface area contributed by atoms with Crippen molar-refractivity contribution >= 4 is 5.69 Å². The number of rotatable bonds is 5. The number of aliphatic hydroxyl groups is 1. The molecule has 2 heteroatoms. The normalized spacial score (nSPS) is 26.5. The van der Waals surface area contributed by atoms with Gasteiger partial charge in [0.25, 0.3) is 0 Å². The largest absolute Gasteiger partial charge is 0.396 e. The molecule has 1 aromatic carbocycles. The Kier molecular flexibility index (Phi) is 5.09. The second-order valence-corrected chi connectivity index (χ2v) is 6.69. The molecule has 0 aromatic heterocycles. The minimum absolute atomic E-state index is 0.103. The Bertz CT molecular complexity index is 421. The third kappa shape index (κ3) is 3.54. The number of nitrogens with zero attached hydrogens (tertiary/aromatic N) is 1. The summed E-state index contributed by atoms with van der Waals surface area (Å²) in [5.74, 6) is 0.823. The lowest BCUT2D eigenvalue weighted by molar-refractivity contribution is 0.0732. The fraction of sp³-hybridized carbons (Fsp3) is 0.667. The van der Waals surface area contributed by atoms with Crippen molar-refractivity contribution in [2.24, 2.45) is 11.3 Å². The van der Waals surface area contributed by atoms with E-state index in [1.807, 2.05) is 0 Å². The van der Waals surface area contributed by atoms with Gasteiger partial charge in [-0.25, -0.2) is 0 Å². The lowest BCUT2D eigenvalue weighted by Crippen LogP contribution is -2.42. The van der Waals surface area contributed by atoms with Crippen LogP contribution in [-0.4, -0.2) is 24.8 Å². The minimum atomic E-state index is 0.103. The molecular weight excluding hydrogens is 246 g/mol. The molecule has 0 radical (unpaired) electrons. The Hall–Kier alpha value is -1.02. The van der Waals surface area contributed by atoms with Crippen molar-refractivity contribution in [1.82, 2.24) is 0 Å². The first-order chi connectivity index (χ1) is 9.58. The predicted molar refractivity (Wildman–Crippen MR) is 86.2 cm³/mol. The van der Waals surface area contributed by atoms with Crippen LogP contribution in [0.4, 0.5) is 5.69 Å². The summed E-state index contributed by atoms with van der Waals surface area (Å²) in [6, 6.07) is 8.70. The van der Waals surface area contributed by atoms with E-state index in [0.29, 0.717) is 6.61 Å². The van der Waals surface area contributed by atoms with Crippen molar-refractivity contribution < 1.29 is 5.11 Å². The van der Waals surface area contributed by atoms with Crippen LogP contribution in [0.5, 0.6) is 0 Å². The zero-order valence-electron chi connectivity index (χ0n) is 13.2. The fourth-order valence-electron chi connectivity index (χ4n) is 3.36. The van der Waals surface area contributed by atoms with Gasteiger partial charge in [0.15, 0.2) is 0 Å². The van der Waals surface area contributed by atoms with E-state index in [-0.39, 0.29) is 5.41 Å². The van der Waals surface area contributed by atoms with Gasteiger partial charge >= 0.3 is 0 Å². The topological polar surface area (TPSA) is 23.5 Å². The summed E-state index contributed by atoms with van der Waals surface area (Å²) in [5, 5.41) is 9.95. The Morgan fingerprint density at radius 1 is 1.30 bits per heavy atom. The standard InChI is InChI=1S/C18H29NO/c1-4-19(17-7-5-6-16(3)12-17)13-18(14-20)10-8-15(2)9-11-18/h5-7,12,15,20H,4,8-11,13-14H2,1-3H3. The maximum atomic E-state index is 9.95. The highest BCUT2D eigenvalue weighted by atomic mass is 16.3. The minimum Gasteiger partial charge on any atom is -0.396 e. The Morgan fingerprint density at radius 3 is 2.55 bits per heavy atom. The predicted octanol–water partition coefficient (Wildman–Crippen LogP) is 4.01. The van der Waals surface area contributed by atoms with Gasteiger partial charge in [0.05, 0.1) is 6.61 Å². The van der Waals surface area contributed by atoms with Gasteiger partial charge in [0.2, 0.25) is 0 Å². The maximum Gasteiger partial charge on any atom is 0.0504 e. The highest BCUT2D eigenvalue weighted by molar-refractivity contribution is 5.48. The van der Waals surface area contributed by atoms with E-state index in [4.69, 9.17) is 0 Å². The lowest BCUT2D eigenvalue weighted by atomic mass is 9.71.